The molecule has 0 spiro atoms. The van der Waals surface area contributed by atoms with Crippen LogP contribution in [0, 0.1) is 10.1 Å². The first-order valence-electron chi connectivity index (χ1n) is 3.64. The Morgan fingerprint density at radius 1 is 1.57 bits per heavy atom. The van der Waals surface area contributed by atoms with Crippen molar-refractivity contribution >= 4 is 55.7 Å². The third-order valence-corrected chi connectivity index (χ3v) is 4.29. The molecule has 0 aliphatic rings. The third kappa shape index (κ3) is 1.43. The van der Waals surface area contributed by atoms with Crippen molar-refractivity contribution in [3.05, 3.63) is 32.1 Å². The van der Waals surface area contributed by atoms with Gasteiger partial charge in [0.05, 0.1) is 4.92 Å². The van der Waals surface area contributed by atoms with Crippen molar-refractivity contribution in [2.75, 3.05) is 0 Å². The highest BCUT2D eigenvalue weighted by Crippen LogP contribution is 2.39. The van der Waals surface area contributed by atoms with Crippen molar-refractivity contribution in [3.8, 4) is 0 Å². The zero-order chi connectivity index (χ0) is 10.3. The highest BCUT2D eigenvalue weighted by Gasteiger charge is 2.17. The van der Waals surface area contributed by atoms with Gasteiger partial charge in [0, 0.05) is 21.0 Å². The number of fused-ring (bicyclic) bond motifs is 1. The normalized spacial score (nSPS) is 10.7. The SMILES string of the molecule is O=[N+]([O-])c1cc2sccc2c(S)c1Br. The van der Waals surface area contributed by atoms with E-state index < -0.39 is 4.92 Å². The summed E-state index contributed by atoms with van der Waals surface area (Å²) in [6.45, 7) is 0. The Kier molecular flexibility index (Phi) is 2.50. The Balaban J connectivity index is 2.87. The molecule has 72 valence electrons. The molecule has 0 aliphatic heterocycles. The molecular weight excluding hydrogens is 286 g/mol. The highest BCUT2D eigenvalue weighted by molar-refractivity contribution is 9.10. The maximum Gasteiger partial charge on any atom is 0.286 e. The molecule has 0 radical (unpaired) electrons. The summed E-state index contributed by atoms with van der Waals surface area (Å²) in [5, 5.41) is 13.5. The van der Waals surface area contributed by atoms with Gasteiger partial charge < -0.3 is 0 Å². The maximum absolute atomic E-state index is 10.7. The lowest BCUT2D eigenvalue weighted by atomic mass is 10.2. The number of rotatable bonds is 1. The van der Waals surface area contributed by atoms with Gasteiger partial charge in [-0.25, -0.2) is 0 Å². The van der Waals surface area contributed by atoms with E-state index in [-0.39, 0.29) is 5.69 Å². The van der Waals surface area contributed by atoms with Crippen molar-refractivity contribution < 1.29 is 4.92 Å². The Morgan fingerprint density at radius 3 is 2.93 bits per heavy atom. The number of thiol groups is 1. The average Bonchev–Trinajstić information content (AvgIpc) is 2.58. The summed E-state index contributed by atoms with van der Waals surface area (Å²) in [7, 11) is 0. The van der Waals surface area contributed by atoms with E-state index in [1.165, 1.54) is 11.3 Å². The lowest BCUT2D eigenvalue weighted by molar-refractivity contribution is -0.385. The summed E-state index contributed by atoms with van der Waals surface area (Å²) in [6, 6.07) is 3.46. The van der Waals surface area contributed by atoms with Gasteiger partial charge >= 0.3 is 0 Å². The van der Waals surface area contributed by atoms with Gasteiger partial charge in [-0.2, -0.15) is 0 Å². The first kappa shape index (κ1) is 9.95. The van der Waals surface area contributed by atoms with Crippen LogP contribution in [0.2, 0.25) is 0 Å². The molecule has 1 heterocycles. The lowest BCUT2D eigenvalue weighted by Gasteiger charge is -2.00. The van der Waals surface area contributed by atoms with E-state index >= 15 is 0 Å². The molecule has 3 nitrogen and oxygen atoms in total. The summed E-state index contributed by atoms with van der Waals surface area (Å²) in [5.41, 5.74) is 0.0601. The molecule has 0 unspecified atom stereocenters. The van der Waals surface area contributed by atoms with Crippen molar-refractivity contribution in [1.29, 1.82) is 0 Å². The number of nitro groups is 1. The number of hydrogen-bond donors (Lipinski definition) is 1. The van der Waals surface area contributed by atoms with E-state index in [4.69, 9.17) is 0 Å². The molecule has 1 aromatic carbocycles. The summed E-state index contributed by atoms with van der Waals surface area (Å²) in [6.07, 6.45) is 0. The first-order chi connectivity index (χ1) is 6.61. The molecule has 2 rings (SSSR count). The van der Waals surface area contributed by atoms with E-state index in [9.17, 15) is 10.1 Å². The van der Waals surface area contributed by atoms with Gasteiger partial charge in [-0.3, -0.25) is 10.1 Å². The second-order valence-electron chi connectivity index (χ2n) is 2.65. The summed E-state index contributed by atoms with van der Waals surface area (Å²) in [5.74, 6) is 0. The quantitative estimate of drug-likeness (QED) is 0.492. The van der Waals surface area contributed by atoms with E-state index in [1.807, 2.05) is 11.4 Å². The standard InChI is InChI=1S/C8H4BrNO2S2/c9-7-5(10(11)12)3-6-4(8(7)13)1-2-14-6/h1-3,13H. The molecule has 0 saturated heterocycles. The van der Waals surface area contributed by atoms with Crippen molar-refractivity contribution in [3.63, 3.8) is 0 Å². The highest BCUT2D eigenvalue weighted by atomic mass is 79.9. The van der Waals surface area contributed by atoms with E-state index in [0.717, 1.165) is 10.1 Å². The molecule has 0 aliphatic carbocycles. The van der Waals surface area contributed by atoms with Crippen LogP contribution in [0.1, 0.15) is 0 Å². The van der Waals surface area contributed by atoms with Crippen LogP contribution in [-0.2, 0) is 0 Å². The molecule has 6 heteroatoms. The topological polar surface area (TPSA) is 43.1 Å². The Bertz CT molecular complexity index is 523. The fourth-order valence-electron chi connectivity index (χ4n) is 1.19. The second kappa shape index (κ2) is 3.52. The number of hydrogen-bond acceptors (Lipinski definition) is 4. The van der Waals surface area contributed by atoms with Gasteiger partial charge in [-0.1, -0.05) is 0 Å². The van der Waals surface area contributed by atoms with Crippen molar-refractivity contribution in [2.45, 2.75) is 4.90 Å². The predicted octanol–water partition coefficient (Wildman–Crippen LogP) is 3.86. The average molecular weight is 290 g/mol. The lowest BCUT2D eigenvalue weighted by Crippen LogP contribution is -1.89. The van der Waals surface area contributed by atoms with Gasteiger partial charge in [-0.15, -0.1) is 24.0 Å². The second-order valence-corrected chi connectivity index (χ2v) is 4.84. The van der Waals surface area contributed by atoms with Crippen LogP contribution in [0.25, 0.3) is 10.1 Å². The molecule has 0 fully saturated rings. The molecule has 0 saturated carbocycles. The molecule has 0 amide bonds. The van der Waals surface area contributed by atoms with Crippen LogP contribution in [0.15, 0.2) is 26.9 Å². The number of benzene rings is 1. The molecule has 0 N–H and O–H groups in total. The van der Waals surface area contributed by atoms with E-state index in [2.05, 4.69) is 28.6 Å². The fraction of sp³-hybridized carbons (Fsp3) is 0. The Morgan fingerprint density at radius 2 is 2.29 bits per heavy atom. The summed E-state index contributed by atoms with van der Waals surface area (Å²) < 4.78 is 1.32. The van der Waals surface area contributed by atoms with Gasteiger partial charge in [0.1, 0.15) is 4.47 Å². The summed E-state index contributed by atoms with van der Waals surface area (Å²) in [4.78, 5) is 10.9. The van der Waals surface area contributed by atoms with Gasteiger partial charge in [0.15, 0.2) is 0 Å². The third-order valence-electron chi connectivity index (χ3n) is 1.85. The van der Waals surface area contributed by atoms with E-state index in [1.54, 1.807) is 6.07 Å². The Labute approximate surface area is 97.4 Å². The van der Waals surface area contributed by atoms with Crippen LogP contribution in [0.5, 0.6) is 0 Å². The molecule has 2 aromatic rings. The van der Waals surface area contributed by atoms with Crippen molar-refractivity contribution in [2.24, 2.45) is 0 Å². The largest absolute Gasteiger partial charge is 0.286 e. The van der Waals surface area contributed by atoms with Crippen LogP contribution in [0.3, 0.4) is 0 Å². The smallest absolute Gasteiger partial charge is 0.258 e. The zero-order valence-electron chi connectivity index (χ0n) is 6.73. The maximum atomic E-state index is 10.7. The van der Waals surface area contributed by atoms with Crippen LogP contribution in [0.4, 0.5) is 5.69 Å². The molecule has 14 heavy (non-hydrogen) atoms. The molecular formula is C8H4BrNO2S2. The summed E-state index contributed by atoms with van der Waals surface area (Å²) >= 11 is 8.89. The minimum atomic E-state index is -0.414. The number of thiophene rings is 1. The number of nitro benzene ring substituents is 1. The Hall–Kier alpha value is -0.590. The minimum absolute atomic E-state index is 0.0601. The van der Waals surface area contributed by atoms with E-state index in [0.29, 0.717) is 9.37 Å². The van der Waals surface area contributed by atoms with Crippen LogP contribution >= 0.6 is 39.9 Å². The molecule has 0 atom stereocenters. The van der Waals surface area contributed by atoms with Gasteiger partial charge in [-0.05, 0) is 27.4 Å². The predicted molar refractivity (Wildman–Crippen MR) is 63.4 cm³/mol. The fourth-order valence-corrected chi connectivity index (χ4v) is 2.87. The van der Waals surface area contributed by atoms with Crippen molar-refractivity contribution in [1.82, 2.24) is 0 Å². The van der Waals surface area contributed by atoms with Crippen LogP contribution in [-0.4, -0.2) is 4.92 Å². The number of halogens is 1. The zero-order valence-corrected chi connectivity index (χ0v) is 10.0. The minimum Gasteiger partial charge on any atom is -0.258 e. The number of nitrogens with zero attached hydrogens (tertiary/aromatic N) is 1. The molecule has 0 bridgehead atoms. The van der Waals surface area contributed by atoms with Gasteiger partial charge in [0.2, 0.25) is 0 Å². The van der Waals surface area contributed by atoms with Crippen LogP contribution < -0.4 is 0 Å². The molecule has 1 aromatic heterocycles. The van der Waals surface area contributed by atoms with Gasteiger partial charge in [0.25, 0.3) is 5.69 Å². The monoisotopic (exact) mass is 289 g/mol. The first-order valence-corrected chi connectivity index (χ1v) is 5.76.